The summed E-state index contributed by atoms with van der Waals surface area (Å²) in [7, 11) is 1.65. The molecule has 4 nitrogen and oxygen atoms in total. The van der Waals surface area contributed by atoms with Gasteiger partial charge in [0, 0.05) is 17.4 Å². The summed E-state index contributed by atoms with van der Waals surface area (Å²) in [5.74, 6) is 3.20. The van der Waals surface area contributed by atoms with Gasteiger partial charge in [0.15, 0.2) is 5.13 Å². The standard InChI is InChI=1S/C19H22N2O2S/c1-23-16-6-4-13(5-7-16)17-11-24-19(20-17)21-18(22)10-15-9-12-2-3-14(15)8-12/h4-7,11-12,14-15H,2-3,8-10H2,1H3,(H,20,21,22)/t12-,14-,15+/m1/s1. The molecule has 0 aliphatic heterocycles. The van der Waals surface area contributed by atoms with Gasteiger partial charge in [-0.25, -0.2) is 4.98 Å². The molecule has 2 bridgehead atoms. The molecule has 2 fully saturated rings. The van der Waals surface area contributed by atoms with Crippen LogP contribution < -0.4 is 10.1 Å². The second-order valence-corrected chi connectivity index (χ2v) is 7.81. The number of amides is 1. The Morgan fingerprint density at radius 2 is 2.12 bits per heavy atom. The molecule has 24 heavy (non-hydrogen) atoms. The van der Waals surface area contributed by atoms with E-state index in [1.807, 2.05) is 29.6 Å². The molecule has 4 rings (SSSR count). The first-order chi connectivity index (χ1) is 11.7. The lowest BCUT2D eigenvalue weighted by Crippen LogP contribution is -2.20. The third kappa shape index (κ3) is 3.18. The van der Waals surface area contributed by atoms with Gasteiger partial charge in [-0.15, -0.1) is 11.3 Å². The second kappa shape index (κ2) is 6.55. The molecule has 2 aliphatic rings. The van der Waals surface area contributed by atoms with Gasteiger partial charge >= 0.3 is 0 Å². The molecular formula is C19H22N2O2S. The van der Waals surface area contributed by atoms with Crippen LogP contribution in [0.4, 0.5) is 5.13 Å². The molecule has 5 heteroatoms. The van der Waals surface area contributed by atoms with Crippen LogP contribution in [-0.2, 0) is 4.79 Å². The molecule has 126 valence electrons. The Balaban J connectivity index is 1.36. The molecule has 0 radical (unpaired) electrons. The maximum atomic E-state index is 12.3. The Hall–Kier alpha value is -1.88. The first-order valence-electron chi connectivity index (χ1n) is 8.61. The average Bonchev–Trinajstić information content (AvgIpc) is 3.32. The Morgan fingerprint density at radius 3 is 2.79 bits per heavy atom. The van der Waals surface area contributed by atoms with E-state index in [4.69, 9.17) is 4.74 Å². The van der Waals surface area contributed by atoms with E-state index in [-0.39, 0.29) is 5.91 Å². The molecule has 2 saturated carbocycles. The van der Waals surface area contributed by atoms with E-state index in [1.54, 1.807) is 7.11 Å². The molecule has 0 saturated heterocycles. The molecular weight excluding hydrogens is 320 g/mol. The molecule has 2 aliphatic carbocycles. The van der Waals surface area contributed by atoms with E-state index in [1.165, 1.54) is 37.0 Å². The van der Waals surface area contributed by atoms with Gasteiger partial charge in [0.2, 0.25) is 5.91 Å². The topological polar surface area (TPSA) is 51.2 Å². The molecule has 1 N–H and O–H groups in total. The highest BCUT2D eigenvalue weighted by atomic mass is 32.1. The summed E-state index contributed by atoms with van der Waals surface area (Å²) in [6, 6.07) is 7.80. The number of fused-ring (bicyclic) bond motifs is 2. The van der Waals surface area contributed by atoms with Gasteiger partial charge in [0.05, 0.1) is 12.8 Å². The van der Waals surface area contributed by atoms with Crippen molar-refractivity contribution in [3.8, 4) is 17.0 Å². The van der Waals surface area contributed by atoms with Gasteiger partial charge in [-0.3, -0.25) is 4.79 Å². The van der Waals surface area contributed by atoms with Crippen LogP contribution in [0.3, 0.4) is 0 Å². The van der Waals surface area contributed by atoms with E-state index < -0.39 is 0 Å². The van der Waals surface area contributed by atoms with E-state index in [2.05, 4.69) is 10.3 Å². The van der Waals surface area contributed by atoms with Crippen LogP contribution in [0.1, 0.15) is 32.1 Å². The first-order valence-corrected chi connectivity index (χ1v) is 9.49. The molecule has 1 heterocycles. The number of nitrogens with one attached hydrogen (secondary N) is 1. The first kappa shape index (κ1) is 15.6. The minimum atomic E-state index is 0.114. The Bertz CT molecular complexity index is 725. The fraction of sp³-hybridized carbons (Fsp3) is 0.474. The number of aromatic nitrogens is 1. The number of carbonyl (C=O) groups excluding carboxylic acids is 1. The fourth-order valence-electron chi connectivity index (χ4n) is 4.26. The third-order valence-corrected chi connectivity index (χ3v) is 6.23. The van der Waals surface area contributed by atoms with E-state index in [0.29, 0.717) is 17.5 Å². The van der Waals surface area contributed by atoms with Crippen molar-refractivity contribution < 1.29 is 9.53 Å². The molecule has 1 amide bonds. The summed E-state index contributed by atoms with van der Waals surface area (Å²) in [6.45, 7) is 0. The average molecular weight is 342 g/mol. The van der Waals surface area contributed by atoms with Gasteiger partial charge in [-0.1, -0.05) is 6.42 Å². The highest BCUT2D eigenvalue weighted by molar-refractivity contribution is 7.14. The number of benzene rings is 1. The Kier molecular flexibility index (Phi) is 4.27. The minimum absolute atomic E-state index is 0.114. The molecule has 1 aromatic heterocycles. The molecule has 0 spiro atoms. The van der Waals surface area contributed by atoms with Crippen molar-refractivity contribution in [1.82, 2.24) is 4.98 Å². The zero-order chi connectivity index (χ0) is 16.5. The number of carbonyl (C=O) groups is 1. The smallest absolute Gasteiger partial charge is 0.226 e. The number of anilines is 1. The lowest BCUT2D eigenvalue weighted by atomic mass is 9.86. The predicted molar refractivity (Wildman–Crippen MR) is 96.3 cm³/mol. The van der Waals surface area contributed by atoms with Crippen molar-refractivity contribution in [3.05, 3.63) is 29.6 Å². The Labute approximate surface area is 146 Å². The molecule has 2 aromatic rings. The van der Waals surface area contributed by atoms with Gasteiger partial charge < -0.3 is 10.1 Å². The lowest BCUT2D eigenvalue weighted by molar-refractivity contribution is -0.117. The van der Waals surface area contributed by atoms with E-state index in [9.17, 15) is 4.79 Å². The quantitative estimate of drug-likeness (QED) is 0.865. The second-order valence-electron chi connectivity index (χ2n) is 6.95. The van der Waals surface area contributed by atoms with Gasteiger partial charge in [-0.2, -0.15) is 0 Å². The SMILES string of the molecule is COc1ccc(-c2csc(NC(=O)C[C@@H]3C[C@@H]4CC[C@@H]3C4)n2)cc1. The summed E-state index contributed by atoms with van der Waals surface area (Å²) in [5.41, 5.74) is 1.92. The molecule has 0 unspecified atom stereocenters. The maximum absolute atomic E-state index is 12.3. The summed E-state index contributed by atoms with van der Waals surface area (Å²) in [6.07, 6.45) is 5.93. The van der Waals surface area contributed by atoms with Crippen molar-refractivity contribution in [2.45, 2.75) is 32.1 Å². The van der Waals surface area contributed by atoms with Crippen LogP contribution in [0.2, 0.25) is 0 Å². The number of ether oxygens (including phenoxy) is 1. The van der Waals surface area contributed by atoms with Gasteiger partial charge in [0.25, 0.3) is 0 Å². The van der Waals surface area contributed by atoms with Crippen LogP contribution in [0.25, 0.3) is 11.3 Å². The van der Waals surface area contributed by atoms with Crippen molar-refractivity contribution in [2.24, 2.45) is 17.8 Å². The summed E-state index contributed by atoms with van der Waals surface area (Å²) < 4.78 is 5.17. The van der Waals surface area contributed by atoms with Crippen molar-refractivity contribution in [1.29, 1.82) is 0 Å². The van der Waals surface area contributed by atoms with Gasteiger partial charge in [-0.05, 0) is 61.3 Å². The summed E-state index contributed by atoms with van der Waals surface area (Å²) in [4.78, 5) is 16.9. The monoisotopic (exact) mass is 342 g/mol. The highest BCUT2D eigenvalue weighted by Gasteiger charge is 2.40. The fourth-order valence-corrected chi connectivity index (χ4v) is 5.00. The molecule has 3 atom stereocenters. The highest BCUT2D eigenvalue weighted by Crippen LogP contribution is 2.49. The van der Waals surface area contributed by atoms with E-state index in [0.717, 1.165) is 28.8 Å². The Morgan fingerprint density at radius 1 is 1.29 bits per heavy atom. The maximum Gasteiger partial charge on any atom is 0.226 e. The summed E-state index contributed by atoms with van der Waals surface area (Å²) >= 11 is 1.48. The van der Waals surface area contributed by atoms with Crippen molar-refractivity contribution in [3.63, 3.8) is 0 Å². The number of rotatable bonds is 5. The third-order valence-electron chi connectivity index (χ3n) is 5.47. The number of thiazole rings is 1. The normalized spacial score (nSPS) is 25.0. The van der Waals surface area contributed by atoms with Crippen LogP contribution in [0.5, 0.6) is 5.75 Å². The number of methoxy groups -OCH3 is 1. The zero-order valence-electron chi connectivity index (χ0n) is 13.8. The lowest BCUT2D eigenvalue weighted by Gasteiger charge is -2.20. The van der Waals surface area contributed by atoms with Crippen LogP contribution in [-0.4, -0.2) is 18.0 Å². The van der Waals surface area contributed by atoms with Crippen molar-refractivity contribution in [2.75, 3.05) is 12.4 Å². The van der Waals surface area contributed by atoms with Crippen LogP contribution in [0, 0.1) is 17.8 Å². The van der Waals surface area contributed by atoms with Crippen molar-refractivity contribution >= 4 is 22.4 Å². The number of hydrogen-bond donors (Lipinski definition) is 1. The minimum Gasteiger partial charge on any atom is -0.497 e. The molecule has 1 aromatic carbocycles. The predicted octanol–water partition coefficient (Wildman–Crippen LogP) is 4.58. The number of hydrogen-bond acceptors (Lipinski definition) is 4. The van der Waals surface area contributed by atoms with Gasteiger partial charge in [0.1, 0.15) is 5.75 Å². The zero-order valence-corrected chi connectivity index (χ0v) is 14.6. The van der Waals surface area contributed by atoms with Crippen LogP contribution in [0.15, 0.2) is 29.6 Å². The summed E-state index contributed by atoms with van der Waals surface area (Å²) in [5, 5.41) is 5.65. The van der Waals surface area contributed by atoms with Crippen LogP contribution >= 0.6 is 11.3 Å². The largest absolute Gasteiger partial charge is 0.497 e. The number of nitrogens with zero attached hydrogens (tertiary/aromatic N) is 1. The van der Waals surface area contributed by atoms with E-state index >= 15 is 0 Å².